The maximum atomic E-state index is 11.8. The number of hydrogen-bond donors (Lipinski definition) is 1. The van der Waals surface area contributed by atoms with E-state index >= 15 is 0 Å². The van der Waals surface area contributed by atoms with Gasteiger partial charge in [-0.25, -0.2) is 9.78 Å². The molecule has 118 valence electrons. The molecule has 1 saturated heterocycles. The predicted octanol–water partition coefficient (Wildman–Crippen LogP) is 3.13. The van der Waals surface area contributed by atoms with Crippen LogP contribution in [-0.2, 0) is 10.2 Å². The monoisotopic (exact) mass is 320 g/mol. The molecule has 0 atom stereocenters. The number of carbonyl (C=O) groups is 1. The fourth-order valence-electron chi connectivity index (χ4n) is 2.71. The minimum atomic E-state index is -0.908. The molecule has 1 fully saturated rings. The highest BCUT2D eigenvalue weighted by atomic mass is 32.1. The van der Waals surface area contributed by atoms with Gasteiger partial charge in [-0.2, -0.15) is 0 Å². The topological polar surface area (TPSA) is 62.7 Å². The van der Waals surface area contributed by atoms with Gasteiger partial charge in [-0.1, -0.05) is 38.2 Å². The Balaban J connectivity index is 2.15. The molecular weight excluding hydrogens is 300 g/mol. The molecule has 1 N–H and O–H groups in total. The number of carboxylic acids is 1. The van der Waals surface area contributed by atoms with E-state index in [2.05, 4.69) is 9.88 Å². The van der Waals surface area contributed by atoms with Crippen molar-refractivity contribution in [1.82, 2.24) is 4.98 Å². The van der Waals surface area contributed by atoms with Crippen LogP contribution in [0.25, 0.3) is 10.2 Å². The van der Waals surface area contributed by atoms with E-state index in [0.29, 0.717) is 24.3 Å². The Morgan fingerprint density at radius 2 is 2.00 bits per heavy atom. The Labute approximate surface area is 133 Å². The lowest BCUT2D eigenvalue weighted by molar-refractivity contribution is 0.0696. The number of nitrogens with zero attached hydrogens (tertiary/aromatic N) is 2. The molecular formula is C16H20N2O3S. The maximum Gasteiger partial charge on any atom is 0.338 e. The summed E-state index contributed by atoms with van der Waals surface area (Å²) in [4.78, 5) is 18.6. The summed E-state index contributed by atoms with van der Waals surface area (Å²) in [5.74, 6) is -0.908. The van der Waals surface area contributed by atoms with Gasteiger partial charge in [0, 0.05) is 13.1 Å². The summed E-state index contributed by atoms with van der Waals surface area (Å²) in [6.45, 7) is 9.05. The summed E-state index contributed by atoms with van der Waals surface area (Å²) in [5.41, 5.74) is 1.53. The smallest absolute Gasteiger partial charge is 0.338 e. The lowest BCUT2D eigenvalue weighted by Crippen LogP contribution is -2.36. The predicted molar refractivity (Wildman–Crippen MR) is 88.3 cm³/mol. The van der Waals surface area contributed by atoms with Crippen LogP contribution >= 0.6 is 11.3 Å². The summed E-state index contributed by atoms with van der Waals surface area (Å²) in [7, 11) is 0. The molecule has 22 heavy (non-hydrogen) atoms. The normalized spacial score (nSPS) is 16.2. The Kier molecular flexibility index (Phi) is 3.82. The largest absolute Gasteiger partial charge is 0.478 e. The molecule has 5 nitrogen and oxygen atoms in total. The van der Waals surface area contributed by atoms with Crippen LogP contribution < -0.4 is 4.90 Å². The van der Waals surface area contributed by atoms with Gasteiger partial charge in [-0.05, 0) is 17.0 Å². The molecule has 0 spiro atoms. The van der Waals surface area contributed by atoms with Crippen LogP contribution in [0.15, 0.2) is 12.1 Å². The van der Waals surface area contributed by atoms with Crippen molar-refractivity contribution in [2.24, 2.45) is 0 Å². The van der Waals surface area contributed by atoms with Crippen molar-refractivity contribution in [2.75, 3.05) is 31.2 Å². The Bertz CT molecular complexity index is 712. The number of rotatable bonds is 2. The van der Waals surface area contributed by atoms with Crippen molar-refractivity contribution in [2.45, 2.75) is 26.2 Å². The number of benzene rings is 1. The van der Waals surface area contributed by atoms with Gasteiger partial charge < -0.3 is 14.7 Å². The van der Waals surface area contributed by atoms with Gasteiger partial charge in [-0.15, -0.1) is 0 Å². The van der Waals surface area contributed by atoms with Crippen LogP contribution in [-0.4, -0.2) is 42.4 Å². The molecule has 1 aliphatic rings. The van der Waals surface area contributed by atoms with Gasteiger partial charge in [0.05, 0.1) is 29.0 Å². The molecule has 0 saturated carbocycles. The second kappa shape index (κ2) is 5.52. The first-order valence-electron chi connectivity index (χ1n) is 7.38. The number of aromatic carboxylic acids is 1. The molecule has 6 heteroatoms. The average molecular weight is 320 g/mol. The van der Waals surface area contributed by atoms with Crippen molar-refractivity contribution in [1.29, 1.82) is 0 Å². The van der Waals surface area contributed by atoms with Gasteiger partial charge in [0.2, 0.25) is 0 Å². The first-order valence-corrected chi connectivity index (χ1v) is 8.19. The van der Waals surface area contributed by atoms with Gasteiger partial charge in [0.1, 0.15) is 0 Å². The molecule has 1 aromatic heterocycles. The highest BCUT2D eigenvalue weighted by molar-refractivity contribution is 7.22. The second-order valence-electron chi connectivity index (χ2n) is 6.49. The number of morpholine rings is 1. The molecule has 0 amide bonds. The molecule has 1 aromatic carbocycles. The van der Waals surface area contributed by atoms with E-state index in [1.54, 1.807) is 11.3 Å². The van der Waals surface area contributed by atoms with Crippen LogP contribution in [0.2, 0.25) is 0 Å². The van der Waals surface area contributed by atoms with Crippen LogP contribution in [0.4, 0.5) is 5.13 Å². The first kappa shape index (κ1) is 15.2. The minimum Gasteiger partial charge on any atom is -0.478 e. The van der Waals surface area contributed by atoms with Gasteiger partial charge in [0.15, 0.2) is 5.13 Å². The van der Waals surface area contributed by atoms with Crippen molar-refractivity contribution in [3.8, 4) is 0 Å². The highest BCUT2D eigenvalue weighted by Gasteiger charge is 2.26. The van der Waals surface area contributed by atoms with Crippen LogP contribution in [0, 0.1) is 0 Å². The van der Waals surface area contributed by atoms with Crippen molar-refractivity contribution >= 4 is 32.7 Å². The summed E-state index contributed by atoms with van der Waals surface area (Å²) >= 11 is 1.55. The van der Waals surface area contributed by atoms with Gasteiger partial charge in [-0.3, -0.25) is 0 Å². The minimum absolute atomic E-state index is 0.231. The second-order valence-corrected chi connectivity index (χ2v) is 7.49. The maximum absolute atomic E-state index is 11.8. The number of thiazole rings is 1. The molecule has 0 bridgehead atoms. The fraction of sp³-hybridized carbons (Fsp3) is 0.500. The molecule has 2 heterocycles. The molecule has 2 aromatic rings. The molecule has 0 unspecified atom stereocenters. The standard InChI is InChI=1S/C16H20N2O3S/c1-16(2,3)10-4-5-11-13(12(10)14(19)20)17-15(22-11)18-6-8-21-9-7-18/h4-5H,6-9H2,1-3H3,(H,19,20). The van der Waals surface area contributed by atoms with Gasteiger partial charge >= 0.3 is 5.97 Å². The molecule has 0 aliphatic carbocycles. The number of hydrogen-bond acceptors (Lipinski definition) is 5. The zero-order chi connectivity index (χ0) is 15.9. The SMILES string of the molecule is CC(C)(C)c1ccc2sc(N3CCOCC3)nc2c1C(=O)O. The summed E-state index contributed by atoms with van der Waals surface area (Å²) in [5, 5.41) is 10.6. The number of ether oxygens (including phenoxy) is 1. The van der Waals surface area contributed by atoms with E-state index in [-0.39, 0.29) is 5.41 Å². The van der Waals surface area contributed by atoms with Crippen molar-refractivity contribution in [3.05, 3.63) is 23.3 Å². The van der Waals surface area contributed by atoms with Gasteiger partial charge in [0.25, 0.3) is 0 Å². The third-order valence-corrected chi connectivity index (χ3v) is 4.93. The third kappa shape index (κ3) is 2.68. The Morgan fingerprint density at radius 3 is 2.59 bits per heavy atom. The summed E-state index contributed by atoms with van der Waals surface area (Å²) in [6.07, 6.45) is 0. The number of fused-ring (bicyclic) bond motifs is 1. The lowest BCUT2D eigenvalue weighted by atomic mass is 9.83. The fourth-order valence-corrected chi connectivity index (χ4v) is 3.74. The van der Waals surface area contributed by atoms with E-state index < -0.39 is 5.97 Å². The van der Waals surface area contributed by atoms with E-state index in [0.717, 1.165) is 28.5 Å². The number of carboxylic acid groups (broad SMARTS) is 1. The molecule has 3 rings (SSSR count). The average Bonchev–Trinajstić information content (AvgIpc) is 2.89. The number of aromatic nitrogens is 1. The quantitative estimate of drug-likeness (QED) is 0.921. The number of anilines is 1. The third-order valence-electron chi connectivity index (χ3n) is 3.85. The van der Waals surface area contributed by atoms with Crippen LogP contribution in [0.5, 0.6) is 0 Å². The van der Waals surface area contributed by atoms with E-state index in [9.17, 15) is 9.90 Å². The summed E-state index contributed by atoms with van der Waals surface area (Å²) in [6, 6.07) is 3.91. The van der Waals surface area contributed by atoms with Crippen molar-refractivity contribution < 1.29 is 14.6 Å². The van der Waals surface area contributed by atoms with Crippen LogP contribution in [0.1, 0.15) is 36.7 Å². The zero-order valence-corrected chi connectivity index (χ0v) is 13.9. The van der Waals surface area contributed by atoms with Crippen molar-refractivity contribution in [3.63, 3.8) is 0 Å². The molecule has 1 aliphatic heterocycles. The van der Waals surface area contributed by atoms with E-state index in [1.165, 1.54) is 0 Å². The lowest BCUT2D eigenvalue weighted by Gasteiger charge is -2.25. The van der Waals surface area contributed by atoms with Crippen LogP contribution in [0.3, 0.4) is 0 Å². The van der Waals surface area contributed by atoms with E-state index in [1.807, 2.05) is 32.9 Å². The Hall–Kier alpha value is -1.66. The van der Waals surface area contributed by atoms with E-state index in [4.69, 9.17) is 4.74 Å². The molecule has 0 radical (unpaired) electrons. The summed E-state index contributed by atoms with van der Waals surface area (Å²) < 4.78 is 6.29. The highest BCUT2D eigenvalue weighted by Crippen LogP contribution is 2.36. The Morgan fingerprint density at radius 1 is 1.32 bits per heavy atom. The first-order chi connectivity index (χ1) is 10.4. The zero-order valence-electron chi connectivity index (χ0n) is 13.0.